The molecule has 0 bridgehead atoms. The van der Waals surface area contributed by atoms with Crippen molar-refractivity contribution in [3.05, 3.63) is 62.3 Å². The summed E-state index contributed by atoms with van der Waals surface area (Å²) >= 11 is 1.41. The number of anilines is 1. The number of nitrogens with one attached hydrogen (secondary N) is 2. The van der Waals surface area contributed by atoms with Gasteiger partial charge >= 0.3 is 5.97 Å². The molecule has 0 spiro atoms. The molecule has 0 fully saturated rings. The molecule has 3 aromatic rings. The average molecular weight is 407 g/mol. The minimum Gasteiger partial charge on any atom is -0.452 e. The van der Waals surface area contributed by atoms with Gasteiger partial charge in [0.25, 0.3) is 5.91 Å². The Morgan fingerprint density at radius 2 is 2.03 bits per heavy atom. The van der Waals surface area contributed by atoms with E-state index in [0.29, 0.717) is 21.5 Å². The number of hydrogen-bond acceptors (Lipinski definition) is 6. The van der Waals surface area contributed by atoms with Gasteiger partial charge in [-0.05, 0) is 37.3 Å². The number of H-pyrrole nitrogens is 1. The van der Waals surface area contributed by atoms with Gasteiger partial charge < -0.3 is 15.0 Å². The Morgan fingerprint density at radius 1 is 1.24 bits per heavy atom. The average Bonchev–Trinajstić information content (AvgIpc) is 3.08. The highest BCUT2D eigenvalue weighted by atomic mass is 32.1. The normalized spacial score (nSPS) is 12.8. The lowest BCUT2D eigenvalue weighted by Crippen LogP contribution is -2.22. The summed E-state index contributed by atoms with van der Waals surface area (Å²) in [4.78, 5) is 40.3. The van der Waals surface area contributed by atoms with Crippen LogP contribution in [0.25, 0.3) is 10.9 Å². The number of carbonyl (C=O) groups is 2. The molecular weight excluding hydrogens is 390 g/mol. The Hall–Kier alpha value is -3.44. The predicted molar refractivity (Wildman–Crippen MR) is 109 cm³/mol. The molecule has 1 aromatic carbocycles. The molecule has 2 aromatic heterocycles. The first kappa shape index (κ1) is 18.9. The second-order valence-corrected chi connectivity index (χ2v) is 7.85. The quantitative estimate of drug-likeness (QED) is 0.645. The molecule has 0 aliphatic heterocycles. The van der Waals surface area contributed by atoms with Gasteiger partial charge in [-0.15, -0.1) is 11.3 Å². The fraction of sp³-hybridized carbons (Fsp3) is 0.238. The highest BCUT2D eigenvalue weighted by Gasteiger charge is 2.22. The number of thiophene rings is 1. The second-order valence-electron chi connectivity index (χ2n) is 6.74. The van der Waals surface area contributed by atoms with Gasteiger partial charge in [0.1, 0.15) is 11.1 Å². The Kier molecular flexibility index (Phi) is 5.14. The predicted octanol–water partition coefficient (Wildman–Crippen LogP) is 3.14. The SMILES string of the molecule is N#Cc1c(NC(=O)COC(=O)c2cc(=O)[nH]c3ccccc23)sc2c1CCCC2. The summed E-state index contributed by atoms with van der Waals surface area (Å²) in [6.45, 7) is -0.507. The molecule has 0 atom stereocenters. The molecule has 29 heavy (non-hydrogen) atoms. The summed E-state index contributed by atoms with van der Waals surface area (Å²) in [6.07, 6.45) is 3.87. The first-order valence-electron chi connectivity index (χ1n) is 9.20. The van der Waals surface area contributed by atoms with Crippen LogP contribution in [-0.2, 0) is 22.4 Å². The zero-order chi connectivity index (χ0) is 20.4. The van der Waals surface area contributed by atoms with Gasteiger partial charge in [-0.25, -0.2) is 4.79 Å². The van der Waals surface area contributed by atoms with E-state index in [-0.39, 0.29) is 5.56 Å². The molecule has 1 aliphatic carbocycles. The molecule has 8 heteroatoms. The minimum atomic E-state index is -0.756. The Morgan fingerprint density at radius 3 is 2.86 bits per heavy atom. The van der Waals surface area contributed by atoms with Gasteiger partial charge in [-0.1, -0.05) is 18.2 Å². The van der Waals surface area contributed by atoms with Crippen molar-refractivity contribution in [2.24, 2.45) is 0 Å². The fourth-order valence-corrected chi connectivity index (χ4v) is 4.77. The van der Waals surface area contributed by atoms with Crippen molar-refractivity contribution < 1.29 is 14.3 Å². The number of fused-ring (bicyclic) bond motifs is 2. The summed E-state index contributed by atoms with van der Waals surface area (Å²) in [6, 6.07) is 10.2. The third-order valence-electron chi connectivity index (χ3n) is 4.84. The van der Waals surface area contributed by atoms with Crippen LogP contribution in [0.1, 0.15) is 39.2 Å². The van der Waals surface area contributed by atoms with Crippen molar-refractivity contribution in [2.75, 3.05) is 11.9 Å². The van der Waals surface area contributed by atoms with Gasteiger partial charge in [0.15, 0.2) is 6.61 Å². The third-order valence-corrected chi connectivity index (χ3v) is 6.05. The number of amides is 1. The molecular formula is C21H17N3O4S. The van der Waals surface area contributed by atoms with E-state index in [4.69, 9.17) is 4.74 Å². The molecule has 7 nitrogen and oxygen atoms in total. The standard InChI is InChI=1S/C21H17N3O4S/c22-10-15-13-6-2-4-8-17(13)29-20(15)24-19(26)11-28-21(27)14-9-18(25)23-16-7-3-1-5-12(14)16/h1,3,5,7,9H,2,4,6,8,11H2,(H,23,25)(H,24,26). The van der Waals surface area contributed by atoms with Gasteiger partial charge in [-0.2, -0.15) is 5.26 Å². The lowest BCUT2D eigenvalue weighted by molar-refractivity contribution is -0.119. The summed E-state index contributed by atoms with van der Waals surface area (Å²) in [5.41, 5.74) is 1.71. The van der Waals surface area contributed by atoms with E-state index in [1.807, 2.05) is 0 Å². The van der Waals surface area contributed by atoms with Crippen molar-refractivity contribution >= 4 is 39.1 Å². The van der Waals surface area contributed by atoms with E-state index < -0.39 is 24.0 Å². The highest BCUT2D eigenvalue weighted by molar-refractivity contribution is 7.16. The number of benzene rings is 1. The topological polar surface area (TPSA) is 112 Å². The first-order chi connectivity index (χ1) is 14.1. The molecule has 146 valence electrons. The summed E-state index contributed by atoms with van der Waals surface area (Å²) in [5, 5.41) is 13.2. The van der Waals surface area contributed by atoms with Crippen molar-refractivity contribution in [3.8, 4) is 6.07 Å². The number of esters is 1. The van der Waals surface area contributed by atoms with Crippen LogP contribution in [0.2, 0.25) is 0 Å². The molecule has 2 heterocycles. The molecule has 0 unspecified atom stereocenters. The summed E-state index contributed by atoms with van der Waals surface area (Å²) in [7, 11) is 0. The van der Waals surface area contributed by atoms with E-state index in [2.05, 4.69) is 16.4 Å². The number of aromatic amines is 1. The molecule has 0 saturated heterocycles. The van der Waals surface area contributed by atoms with Crippen LogP contribution in [0.4, 0.5) is 5.00 Å². The first-order valence-corrected chi connectivity index (χ1v) is 10.0. The number of ether oxygens (including phenoxy) is 1. The lowest BCUT2D eigenvalue weighted by Gasteiger charge is -2.09. The number of nitriles is 1. The number of hydrogen-bond donors (Lipinski definition) is 2. The van der Waals surface area contributed by atoms with Gasteiger partial charge in [0.05, 0.1) is 11.1 Å². The van der Waals surface area contributed by atoms with Crippen LogP contribution in [0.15, 0.2) is 35.1 Å². The van der Waals surface area contributed by atoms with Crippen LogP contribution in [0, 0.1) is 11.3 Å². The zero-order valence-corrected chi connectivity index (χ0v) is 16.2. The van der Waals surface area contributed by atoms with Gasteiger partial charge in [0, 0.05) is 21.8 Å². The maximum absolute atomic E-state index is 12.4. The smallest absolute Gasteiger partial charge is 0.339 e. The van der Waals surface area contributed by atoms with Crippen molar-refractivity contribution in [1.29, 1.82) is 5.26 Å². The van der Waals surface area contributed by atoms with Crippen LogP contribution in [0.5, 0.6) is 0 Å². The van der Waals surface area contributed by atoms with Crippen LogP contribution in [-0.4, -0.2) is 23.5 Å². The highest BCUT2D eigenvalue weighted by Crippen LogP contribution is 2.37. The van der Waals surface area contributed by atoms with Crippen LogP contribution < -0.4 is 10.9 Å². The van der Waals surface area contributed by atoms with E-state index >= 15 is 0 Å². The lowest BCUT2D eigenvalue weighted by atomic mass is 9.96. The number of para-hydroxylation sites is 1. The number of nitrogens with zero attached hydrogens (tertiary/aromatic N) is 1. The Labute approximate surface area is 169 Å². The van der Waals surface area contributed by atoms with E-state index in [9.17, 15) is 19.6 Å². The Bertz CT molecular complexity index is 1220. The summed E-state index contributed by atoms with van der Waals surface area (Å²) in [5.74, 6) is -1.28. The molecule has 1 aliphatic rings. The number of aromatic nitrogens is 1. The fourth-order valence-electron chi connectivity index (χ4n) is 3.52. The number of carbonyl (C=O) groups excluding carboxylic acids is 2. The molecule has 1 amide bonds. The number of aryl methyl sites for hydroxylation is 1. The molecule has 4 rings (SSSR count). The van der Waals surface area contributed by atoms with E-state index in [1.54, 1.807) is 24.3 Å². The molecule has 0 saturated carbocycles. The summed E-state index contributed by atoms with van der Waals surface area (Å²) < 4.78 is 5.12. The maximum atomic E-state index is 12.4. The van der Waals surface area contributed by atoms with E-state index in [1.165, 1.54) is 11.3 Å². The monoisotopic (exact) mass is 407 g/mol. The largest absolute Gasteiger partial charge is 0.452 e. The number of pyridine rings is 1. The van der Waals surface area contributed by atoms with Crippen molar-refractivity contribution in [3.63, 3.8) is 0 Å². The van der Waals surface area contributed by atoms with E-state index in [0.717, 1.165) is 42.2 Å². The minimum absolute atomic E-state index is 0.0986. The Balaban J connectivity index is 1.47. The second kappa shape index (κ2) is 7.89. The van der Waals surface area contributed by atoms with Gasteiger partial charge in [0.2, 0.25) is 5.56 Å². The third kappa shape index (κ3) is 3.77. The molecule has 2 N–H and O–H groups in total. The van der Waals surface area contributed by atoms with Gasteiger partial charge in [-0.3, -0.25) is 9.59 Å². The number of rotatable bonds is 4. The van der Waals surface area contributed by atoms with Crippen LogP contribution >= 0.6 is 11.3 Å². The molecule has 0 radical (unpaired) electrons. The van der Waals surface area contributed by atoms with Crippen molar-refractivity contribution in [2.45, 2.75) is 25.7 Å². The van der Waals surface area contributed by atoms with Crippen molar-refractivity contribution in [1.82, 2.24) is 4.98 Å². The maximum Gasteiger partial charge on any atom is 0.339 e. The van der Waals surface area contributed by atoms with Crippen LogP contribution in [0.3, 0.4) is 0 Å². The zero-order valence-electron chi connectivity index (χ0n) is 15.4.